The Morgan fingerprint density at radius 1 is 1.21 bits per heavy atom. The summed E-state index contributed by atoms with van der Waals surface area (Å²) in [7, 11) is 3.24. The predicted molar refractivity (Wildman–Crippen MR) is 108 cm³/mol. The Bertz CT molecular complexity index is 1350. The van der Waals surface area contributed by atoms with E-state index in [0.717, 1.165) is 22.7 Å². The largest absolute Gasteiger partial charge is 0.497 e. The van der Waals surface area contributed by atoms with Crippen molar-refractivity contribution >= 4 is 16.9 Å². The average molecular weight is 379 g/mol. The average Bonchev–Trinajstić information content (AvgIpc) is 3.18. The van der Waals surface area contributed by atoms with E-state index in [2.05, 4.69) is 11.6 Å². The molecule has 1 aromatic carbocycles. The van der Waals surface area contributed by atoms with Crippen LogP contribution in [-0.2, 0) is 13.6 Å². The summed E-state index contributed by atoms with van der Waals surface area (Å²) < 4.78 is 11.5. The summed E-state index contributed by atoms with van der Waals surface area (Å²) in [6.45, 7) is 7.72. The van der Waals surface area contributed by atoms with Gasteiger partial charge in [-0.3, -0.25) is 22.9 Å². The monoisotopic (exact) mass is 379 g/mol. The molecule has 0 bridgehead atoms. The molecule has 144 valence electrons. The van der Waals surface area contributed by atoms with Gasteiger partial charge in [-0.05, 0) is 38.1 Å². The number of aryl methyl sites for hydroxylation is 2. The molecule has 0 spiro atoms. The summed E-state index contributed by atoms with van der Waals surface area (Å²) in [6.07, 6.45) is 1.85. The van der Waals surface area contributed by atoms with Crippen LogP contribution in [0.2, 0.25) is 0 Å². The normalized spacial score (nSPS) is 11.4. The highest BCUT2D eigenvalue weighted by Crippen LogP contribution is 2.22. The standard InChI is InChI=1S/C20H21N5O3/c1-12(2)10-24-18(26)16-17(22(4)20(24)27)21-19-23(16)11-13(3)25(19)14-6-8-15(28-5)9-7-14/h6-9,11H,1,10H2,2-5H3. The Morgan fingerprint density at radius 2 is 1.89 bits per heavy atom. The Morgan fingerprint density at radius 3 is 2.50 bits per heavy atom. The third kappa shape index (κ3) is 2.49. The molecular weight excluding hydrogens is 358 g/mol. The maximum atomic E-state index is 13.1. The number of allylic oxidation sites excluding steroid dienone is 1. The second-order valence-electron chi connectivity index (χ2n) is 6.95. The van der Waals surface area contributed by atoms with Crippen molar-refractivity contribution in [1.29, 1.82) is 0 Å². The SMILES string of the molecule is C=C(C)Cn1c(=O)c2c(nc3n(-c4ccc(OC)cc4)c(C)cn23)n(C)c1=O. The number of hydrogen-bond acceptors (Lipinski definition) is 4. The minimum atomic E-state index is -0.408. The first-order valence-corrected chi connectivity index (χ1v) is 8.82. The first-order chi connectivity index (χ1) is 13.3. The molecule has 0 amide bonds. The third-order valence-corrected chi connectivity index (χ3v) is 4.78. The molecule has 0 saturated carbocycles. The number of methoxy groups -OCH3 is 1. The van der Waals surface area contributed by atoms with Crippen molar-refractivity contribution in [3.63, 3.8) is 0 Å². The molecule has 8 nitrogen and oxygen atoms in total. The predicted octanol–water partition coefficient (Wildman–Crippen LogP) is 2.03. The lowest BCUT2D eigenvalue weighted by atomic mass is 10.3. The minimum absolute atomic E-state index is 0.173. The number of benzene rings is 1. The molecule has 4 rings (SSSR count). The van der Waals surface area contributed by atoms with E-state index in [4.69, 9.17) is 4.74 Å². The van der Waals surface area contributed by atoms with Crippen molar-refractivity contribution in [2.24, 2.45) is 7.05 Å². The molecule has 0 aliphatic carbocycles. The number of rotatable bonds is 4. The van der Waals surface area contributed by atoms with Crippen LogP contribution >= 0.6 is 0 Å². The van der Waals surface area contributed by atoms with Gasteiger partial charge in [0.15, 0.2) is 11.2 Å². The molecule has 0 unspecified atom stereocenters. The van der Waals surface area contributed by atoms with Crippen LogP contribution < -0.4 is 16.0 Å². The van der Waals surface area contributed by atoms with Gasteiger partial charge in [0.1, 0.15) is 5.75 Å². The van der Waals surface area contributed by atoms with Crippen molar-refractivity contribution in [1.82, 2.24) is 23.1 Å². The first kappa shape index (κ1) is 17.8. The molecule has 28 heavy (non-hydrogen) atoms. The second-order valence-corrected chi connectivity index (χ2v) is 6.95. The zero-order valence-corrected chi connectivity index (χ0v) is 16.3. The molecule has 0 aliphatic heterocycles. The molecule has 3 aromatic heterocycles. The van der Waals surface area contributed by atoms with Crippen LogP contribution in [0.25, 0.3) is 22.6 Å². The summed E-state index contributed by atoms with van der Waals surface area (Å²) in [5.41, 5.74) is 2.46. The van der Waals surface area contributed by atoms with Gasteiger partial charge in [0.25, 0.3) is 5.56 Å². The molecule has 4 aromatic rings. The maximum absolute atomic E-state index is 13.1. The van der Waals surface area contributed by atoms with Gasteiger partial charge in [0, 0.05) is 24.6 Å². The highest BCUT2D eigenvalue weighted by molar-refractivity contribution is 5.76. The van der Waals surface area contributed by atoms with E-state index in [1.54, 1.807) is 25.5 Å². The second kappa shape index (κ2) is 6.26. The minimum Gasteiger partial charge on any atom is -0.497 e. The fraction of sp³-hybridized carbons (Fsp3) is 0.250. The van der Waals surface area contributed by atoms with Gasteiger partial charge >= 0.3 is 5.69 Å². The van der Waals surface area contributed by atoms with Crippen molar-refractivity contribution in [2.75, 3.05) is 7.11 Å². The number of aromatic nitrogens is 5. The van der Waals surface area contributed by atoms with Crippen molar-refractivity contribution in [3.05, 3.63) is 69.1 Å². The number of ether oxygens (including phenoxy) is 1. The summed E-state index contributed by atoms with van der Waals surface area (Å²) in [6, 6.07) is 7.57. The van der Waals surface area contributed by atoms with Crippen molar-refractivity contribution in [2.45, 2.75) is 20.4 Å². The molecule has 3 heterocycles. The van der Waals surface area contributed by atoms with Gasteiger partial charge in [-0.25, -0.2) is 4.79 Å². The van der Waals surface area contributed by atoms with Gasteiger partial charge in [-0.2, -0.15) is 4.98 Å². The Hall–Kier alpha value is -3.55. The number of hydrogen-bond donors (Lipinski definition) is 0. The highest BCUT2D eigenvalue weighted by atomic mass is 16.5. The smallest absolute Gasteiger partial charge is 0.332 e. The summed E-state index contributed by atoms with van der Waals surface area (Å²) in [5.74, 6) is 1.32. The lowest BCUT2D eigenvalue weighted by molar-refractivity contribution is 0.415. The molecule has 0 atom stereocenters. The van der Waals surface area contributed by atoms with Gasteiger partial charge in [-0.1, -0.05) is 12.2 Å². The lowest BCUT2D eigenvalue weighted by Gasteiger charge is -2.07. The first-order valence-electron chi connectivity index (χ1n) is 8.82. The van der Waals surface area contributed by atoms with Crippen LogP contribution in [0, 0.1) is 6.92 Å². The zero-order valence-electron chi connectivity index (χ0n) is 16.3. The van der Waals surface area contributed by atoms with Crippen LogP contribution in [0.5, 0.6) is 5.75 Å². The Labute approximate surface area is 160 Å². The summed E-state index contributed by atoms with van der Waals surface area (Å²) >= 11 is 0. The van der Waals surface area contributed by atoms with Gasteiger partial charge in [0.05, 0.1) is 13.7 Å². The van der Waals surface area contributed by atoms with Gasteiger partial charge in [-0.15, -0.1) is 0 Å². The van der Waals surface area contributed by atoms with E-state index in [1.807, 2.05) is 42.0 Å². The zero-order chi connectivity index (χ0) is 20.2. The maximum Gasteiger partial charge on any atom is 0.332 e. The summed E-state index contributed by atoms with van der Waals surface area (Å²) in [5, 5.41) is 0. The Balaban J connectivity index is 2.07. The van der Waals surface area contributed by atoms with Crippen LogP contribution in [0.4, 0.5) is 0 Å². The van der Waals surface area contributed by atoms with Crippen LogP contribution in [0.1, 0.15) is 12.6 Å². The molecule has 0 saturated heterocycles. The quantitative estimate of drug-likeness (QED) is 0.509. The number of fused-ring (bicyclic) bond motifs is 3. The number of nitrogens with zero attached hydrogens (tertiary/aromatic N) is 5. The molecule has 0 fully saturated rings. The van der Waals surface area contributed by atoms with E-state index in [0.29, 0.717) is 16.9 Å². The fourth-order valence-electron chi connectivity index (χ4n) is 3.47. The van der Waals surface area contributed by atoms with Crippen LogP contribution in [0.3, 0.4) is 0 Å². The van der Waals surface area contributed by atoms with E-state index in [1.165, 1.54) is 9.13 Å². The van der Waals surface area contributed by atoms with Crippen molar-refractivity contribution in [3.8, 4) is 11.4 Å². The molecule has 0 aliphatic rings. The fourth-order valence-corrected chi connectivity index (χ4v) is 3.47. The van der Waals surface area contributed by atoms with Crippen LogP contribution in [-0.4, -0.2) is 30.2 Å². The van der Waals surface area contributed by atoms with Gasteiger partial charge < -0.3 is 4.74 Å². The number of imidazole rings is 2. The van der Waals surface area contributed by atoms with Crippen molar-refractivity contribution < 1.29 is 4.74 Å². The van der Waals surface area contributed by atoms with Gasteiger partial charge in [0.2, 0.25) is 5.78 Å². The lowest BCUT2D eigenvalue weighted by Crippen LogP contribution is -2.39. The topological polar surface area (TPSA) is 75.5 Å². The van der Waals surface area contributed by atoms with E-state index < -0.39 is 5.69 Å². The molecule has 8 heteroatoms. The molecule has 0 radical (unpaired) electrons. The third-order valence-electron chi connectivity index (χ3n) is 4.78. The molecule has 0 N–H and O–H groups in total. The van der Waals surface area contributed by atoms with E-state index in [9.17, 15) is 9.59 Å². The Kier molecular flexibility index (Phi) is 3.99. The summed E-state index contributed by atoms with van der Waals surface area (Å²) in [4.78, 5) is 30.3. The molecular formula is C20H21N5O3. The van der Waals surface area contributed by atoms with E-state index >= 15 is 0 Å². The van der Waals surface area contributed by atoms with Crippen LogP contribution in [0.15, 0.2) is 52.2 Å². The van der Waals surface area contributed by atoms with E-state index in [-0.39, 0.29) is 12.1 Å². The highest BCUT2D eigenvalue weighted by Gasteiger charge is 2.20.